The fourth-order valence-electron chi connectivity index (χ4n) is 3.51. The van der Waals surface area contributed by atoms with Gasteiger partial charge in [-0.15, -0.1) is 0 Å². The van der Waals surface area contributed by atoms with Crippen LogP contribution in [0, 0.1) is 12.8 Å². The first-order valence-corrected chi connectivity index (χ1v) is 8.23. The van der Waals surface area contributed by atoms with E-state index in [9.17, 15) is 14.4 Å². The van der Waals surface area contributed by atoms with E-state index in [-0.39, 0.29) is 18.5 Å². The van der Waals surface area contributed by atoms with Crippen molar-refractivity contribution in [2.24, 2.45) is 5.92 Å². The van der Waals surface area contributed by atoms with Crippen LogP contribution in [0.2, 0.25) is 0 Å². The Morgan fingerprint density at radius 1 is 1.00 bits per heavy atom. The maximum atomic E-state index is 12.7. The van der Waals surface area contributed by atoms with Crippen molar-refractivity contribution in [1.29, 1.82) is 0 Å². The zero-order chi connectivity index (χ0) is 16.6. The van der Waals surface area contributed by atoms with E-state index in [1.54, 1.807) is 0 Å². The first kappa shape index (κ1) is 15.7. The maximum absolute atomic E-state index is 12.7. The lowest BCUT2D eigenvalue weighted by molar-refractivity contribution is -0.144. The molecule has 1 saturated carbocycles. The number of hydrogen-bond donors (Lipinski definition) is 0. The summed E-state index contributed by atoms with van der Waals surface area (Å²) in [7, 11) is 0. The Balaban J connectivity index is 1.80. The SMILES string of the molecule is Cc1ccc(CN2C(=O)C(=O)N([C@H]3CCCC[C@@H]3C)C2=O)cc1. The van der Waals surface area contributed by atoms with E-state index < -0.39 is 17.8 Å². The molecule has 1 aromatic rings. The molecular weight excluding hydrogens is 292 g/mol. The molecule has 2 fully saturated rings. The van der Waals surface area contributed by atoms with Crippen LogP contribution in [-0.4, -0.2) is 33.7 Å². The summed E-state index contributed by atoms with van der Waals surface area (Å²) in [6, 6.07) is 7.03. The molecule has 1 heterocycles. The Kier molecular flexibility index (Phi) is 4.20. The number of benzene rings is 1. The topological polar surface area (TPSA) is 57.7 Å². The zero-order valence-corrected chi connectivity index (χ0v) is 13.6. The summed E-state index contributed by atoms with van der Waals surface area (Å²) in [5.41, 5.74) is 1.96. The number of aryl methyl sites for hydroxylation is 1. The third-order valence-electron chi connectivity index (χ3n) is 4.94. The van der Waals surface area contributed by atoms with Crippen LogP contribution in [0.4, 0.5) is 4.79 Å². The van der Waals surface area contributed by atoms with Gasteiger partial charge < -0.3 is 0 Å². The first-order valence-electron chi connectivity index (χ1n) is 8.23. The van der Waals surface area contributed by atoms with E-state index >= 15 is 0 Å². The number of nitrogens with zero attached hydrogens (tertiary/aromatic N) is 2. The summed E-state index contributed by atoms with van der Waals surface area (Å²) in [6.45, 7) is 4.18. The van der Waals surface area contributed by atoms with Gasteiger partial charge in [0.2, 0.25) is 0 Å². The highest BCUT2D eigenvalue weighted by Crippen LogP contribution is 2.31. The van der Waals surface area contributed by atoms with Gasteiger partial charge >= 0.3 is 17.8 Å². The van der Waals surface area contributed by atoms with Gasteiger partial charge in [0, 0.05) is 6.04 Å². The molecule has 0 N–H and O–H groups in total. The second kappa shape index (κ2) is 6.14. The van der Waals surface area contributed by atoms with Crippen molar-refractivity contribution < 1.29 is 14.4 Å². The summed E-state index contributed by atoms with van der Waals surface area (Å²) in [4.78, 5) is 39.5. The average Bonchev–Trinajstić information content (AvgIpc) is 2.74. The number of rotatable bonds is 3. The molecule has 5 heteroatoms. The molecule has 0 bridgehead atoms. The van der Waals surface area contributed by atoms with Crippen LogP contribution in [0.5, 0.6) is 0 Å². The van der Waals surface area contributed by atoms with Gasteiger partial charge in [0.1, 0.15) is 0 Å². The molecule has 2 aliphatic rings. The van der Waals surface area contributed by atoms with Crippen molar-refractivity contribution >= 4 is 17.8 Å². The Morgan fingerprint density at radius 3 is 2.30 bits per heavy atom. The predicted octanol–water partition coefficient (Wildman–Crippen LogP) is 2.86. The second-order valence-electron chi connectivity index (χ2n) is 6.66. The van der Waals surface area contributed by atoms with Gasteiger partial charge in [-0.3, -0.25) is 19.4 Å². The highest BCUT2D eigenvalue weighted by atomic mass is 16.2. The molecule has 122 valence electrons. The molecule has 0 spiro atoms. The van der Waals surface area contributed by atoms with Crippen molar-refractivity contribution in [1.82, 2.24) is 9.80 Å². The minimum absolute atomic E-state index is 0.143. The molecule has 3 rings (SSSR count). The zero-order valence-electron chi connectivity index (χ0n) is 13.6. The fourth-order valence-corrected chi connectivity index (χ4v) is 3.51. The van der Waals surface area contributed by atoms with Crippen molar-refractivity contribution in [3.05, 3.63) is 35.4 Å². The standard InChI is InChI=1S/C18H22N2O3/c1-12-7-9-14(10-8-12)11-19-16(21)17(22)20(18(19)23)15-6-4-3-5-13(15)2/h7-10,13,15H,3-6,11H2,1-2H3/t13-,15-/m0/s1. The smallest absolute Gasteiger partial charge is 0.263 e. The molecule has 1 saturated heterocycles. The number of hydrogen-bond acceptors (Lipinski definition) is 3. The van der Waals surface area contributed by atoms with Gasteiger partial charge in [-0.2, -0.15) is 0 Å². The molecule has 0 radical (unpaired) electrons. The summed E-state index contributed by atoms with van der Waals surface area (Å²) < 4.78 is 0. The minimum atomic E-state index is -0.701. The number of imide groups is 2. The predicted molar refractivity (Wildman–Crippen MR) is 85.4 cm³/mol. The molecule has 0 unspecified atom stereocenters. The van der Waals surface area contributed by atoms with Crippen molar-refractivity contribution in [2.75, 3.05) is 0 Å². The van der Waals surface area contributed by atoms with E-state index in [0.29, 0.717) is 0 Å². The summed E-state index contributed by atoms with van der Waals surface area (Å²) in [5.74, 6) is -1.11. The molecule has 1 aliphatic carbocycles. The van der Waals surface area contributed by atoms with Gasteiger partial charge in [-0.05, 0) is 31.2 Å². The van der Waals surface area contributed by atoms with Gasteiger partial charge in [0.25, 0.3) is 0 Å². The largest absolute Gasteiger partial charge is 0.334 e. The summed E-state index contributed by atoms with van der Waals surface area (Å²) in [5, 5.41) is 0. The highest BCUT2D eigenvalue weighted by Gasteiger charge is 2.48. The van der Waals surface area contributed by atoms with Crippen LogP contribution < -0.4 is 0 Å². The summed E-state index contributed by atoms with van der Waals surface area (Å²) >= 11 is 0. The van der Waals surface area contributed by atoms with Crippen LogP contribution in [0.25, 0.3) is 0 Å². The van der Waals surface area contributed by atoms with Gasteiger partial charge in [-0.1, -0.05) is 49.6 Å². The van der Waals surface area contributed by atoms with Crippen LogP contribution in [0.3, 0.4) is 0 Å². The average molecular weight is 314 g/mol. The van der Waals surface area contributed by atoms with E-state index in [1.807, 2.05) is 31.2 Å². The number of urea groups is 1. The summed E-state index contributed by atoms with van der Waals surface area (Å²) in [6.07, 6.45) is 3.91. The third-order valence-corrected chi connectivity index (χ3v) is 4.94. The minimum Gasteiger partial charge on any atom is -0.263 e. The van der Waals surface area contributed by atoms with Crippen LogP contribution in [0.1, 0.15) is 43.7 Å². The molecule has 1 aliphatic heterocycles. The maximum Gasteiger partial charge on any atom is 0.334 e. The van der Waals surface area contributed by atoms with E-state index in [0.717, 1.165) is 41.7 Å². The lowest BCUT2D eigenvalue weighted by atomic mass is 9.85. The van der Waals surface area contributed by atoms with E-state index in [4.69, 9.17) is 0 Å². The normalized spacial score (nSPS) is 25.4. The lowest BCUT2D eigenvalue weighted by Gasteiger charge is -2.34. The van der Waals surface area contributed by atoms with Crippen LogP contribution >= 0.6 is 0 Å². The van der Waals surface area contributed by atoms with Crippen molar-refractivity contribution in [2.45, 2.75) is 52.1 Å². The third kappa shape index (κ3) is 2.87. The van der Waals surface area contributed by atoms with Crippen molar-refractivity contribution in [3.8, 4) is 0 Å². The Hall–Kier alpha value is -2.17. The second-order valence-corrected chi connectivity index (χ2v) is 6.66. The van der Waals surface area contributed by atoms with Gasteiger partial charge in [-0.25, -0.2) is 4.79 Å². The first-order chi connectivity index (χ1) is 11.0. The van der Waals surface area contributed by atoms with E-state index in [1.165, 1.54) is 4.90 Å². The Bertz CT molecular complexity index is 638. The van der Waals surface area contributed by atoms with Crippen molar-refractivity contribution in [3.63, 3.8) is 0 Å². The Labute approximate surface area is 136 Å². The fraction of sp³-hybridized carbons (Fsp3) is 0.500. The lowest BCUT2D eigenvalue weighted by Crippen LogP contribution is -2.46. The number of carbonyl (C=O) groups excluding carboxylic acids is 3. The number of carbonyl (C=O) groups is 3. The Morgan fingerprint density at radius 2 is 1.65 bits per heavy atom. The van der Waals surface area contributed by atoms with Gasteiger partial charge in [0.05, 0.1) is 6.54 Å². The van der Waals surface area contributed by atoms with Gasteiger partial charge in [0.15, 0.2) is 0 Å². The van der Waals surface area contributed by atoms with Crippen LogP contribution in [0.15, 0.2) is 24.3 Å². The molecule has 23 heavy (non-hydrogen) atoms. The van der Waals surface area contributed by atoms with Crippen LogP contribution in [-0.2, 0) is 16.1 Å². The molecular formula is C18H22N2O3. The monoisotopic (exact) mass is 314 g/mol. The molecule has 0 aromatic heterocycles. The number of amides is 4. The molecule has 1 aromatic carbocycles. The highest BCUT2D eigenvalue weighted by molar-refractivity contribution is 6.44. The molecule has 5 nitrogen and oxygen atoms in total. The molecule has 2 atom stereocenters. The molecule has 4 amide bonds. The quantitative estimate of drug-likeness (QED) is 0.637. The van der Waals surface area contributed by atoms with E-state index in [2.05, 4.69) is 6.92 Å².